The molecule has 1 aromatic rings. The number of rotatable bonds is 7. The molecular weight excluding hydrogens is 444 g/mol. The van der Waals surface area contributed by atoms with Gasteiger partial charge in [0.05, 0.1) is 6.04 Å². The Balaban J connectivity index is 3.06. The summed E-state index contributed by atoms with van der Waals surface area (Å²) >= 11 is 2.30. The second kappa shape index (κ2) is 9.13. The van der Waals surface area contributed by atoms with Crippen LogP contribution in [-0.2, 0) is 22.8 Å². The van der Waals surface area contributed by atoms with Crippen molar-refractivity contribution in [2.75, 3.05) is 6.61 Å². The minimum atomic E-state index is -1.86. The SMILES string of the molecule is Cn1cc(Br)c(C(CCO[Si](C)(C)C(C)(C)C)N[S+]([O-])C(C)(C)C)cc1=O. The van der Waals surface area contributed by atoms with Crippen molar-refractivity contribution in [1.29, 1.82) is 0 Å². The van der Waals surface area contributed by atoms with E-state index < -0.39 is 24.4 Å². The molecule has 0 bridgehead atoms. The zero-order chi connectivity index (χ0) is 21.2. The highest BCUT2D eigenvalue weighted by Gasteiger charge is 2.37. The van der Waals surface area contributed by atoms with Crippen molar-refractivity contribution in [2.24, 2.45) is 7.05 Å². The average molecular weight is 480 g/mol. The zero-order valence-corrected chi connectivity index (χ0v) is 21.5. The van der Waals surface area contributed by atoms with Gasteiger partial charge < -0.3 is 13.5 Å². The van der Waals surface area contributed by atoms with Crippen LogP contribution in [0.1, 0.15) is 59.6 Å². The third kappa shape index (κ3) is 7.01. The predicted molar refractivity (Wildman–Crippen MR) is 121 cm³/mol. The normalized spacial score (nSPS) is 15.7. The van der Waals surface area contributed by atoms with Gasteiger partial charge in [-0.25, -0.2) is 0 Å². The Morgan fingerprint density at radius 1 is 1.30 bits per heavy atom. The first kappa shape index (κ1) is 24.9. The number of pyridine rings is 1. The van der Waals surface area contributed by atoms with Gasteiger partial charge in [0.15, 0.2) is 8.32 Å². The molecule has 0 saturated carbocycles. The van der Waals surface area contributed by atoms with E-state index in [-0.39, 0.29) is 16.6 Å². The third-order valence-corrected chi connectivity index (χ3v) is 11.9. The van der Waals surface area contributed by atoms with E-state index in [0.29, 0.717) is 13.0 Å². The Morgan fingerprint density at radius 2 is 1.85 bits per heavy atom. The maximum atomic E-state index is 12.7. The lowest BCUT2D eigenvalue weighted by atomic mass is 10.1. The van der Waals surface area contributed by atoms with Gasteiger partial charge in [-0.15, -0.1) is 4.72 Å². The summed E-state index contributed by atoms with van der Waals surface area (Å²) in [5.74, 6) is 0. The molecule has 1 heterocycles. The summed E-state index contributed by atoms with van der Waals surface area (Å²) in [7, 11) is -0.148. The number of aryl methyl sites for hydroxylation is 1. The molecule has 0 aliphatic heterocycles. The van der Waals surface area contributed by atoms with Crippen LogP contribution in [-0.4, -0.2) is 28.8 Å². The van der Waals surface area contributed by atoms with Gasteiger partial charge in [-0.05, 0) is 66.8 Å². The molecule has 8 heteroatoms. The fourth-order valence-corrected chi connectivity index (χ4v) is 4.73. The molecule has 0 aliphatic rings. The van der Waals surface area contributed by atoms with Gasteiger partial charge in [0.1, 0.15) is 4.75 Å². The van der Waals surface area contributed by atoms with Crippen molar-refractivity contribution in [3.05, 3.63) is 32.7 Å². The van der Waals surface area contributed by atoms with Crippen LogP contribution in [0.5, 0.6) is 0 Å². The van der Waals surface area contributed by atoms with Crippen molar-refractivity contribution in [3.63, 3.8) is 0 Å². The van der Waals surface area contributed by atoms with E-state index in [0.717, 1.165) is 10.0 Å². The van der Waals surface area contributed by atoms with E-state index >= 15 is 0 Å². The maximum Gasteiger partial charge on any atom is 0.250 e. The van der Waals surface area contributed by atoms with Crippen LogP contribution in [0.15, 0.2) is 21.5 Å². The summed E-state index contributed by atoms with van der Waals surface area (Å²) < 4.78 is 24.2. The number of nitrogens with one attached hydrogen (secondary N) is 1. The Hall–Kier alpha value is -0.123. The van der Waals surface area contributed by atoms with Crippen LogP contribution in [0.2, 0.25) is 18.1 Å². The molecular formula is C19H35BrN2O3SSi. The summed E-state index contributed by atoms with van der Waals surface area (Å²) in [5, 5.41) is 0.132. The second-order valence-corrected chi connectivity index (χ2v) is 17.1. The van der Waals surface area contributed by atoms with Gasteiger partial charge in [-0.1, -0.05) is 20.8 Å². The molecule has 1 aromatic heterocycles. The summed E-state index contributed by atoms with van der Waals surface area (Å²) in [6, 6.07) is 1.37. The molecule has 1 N–H and O–H groups in total. The predicted octanol–water partition coefficient (Wildman–Crippen LogP) is 4.65. The Kier molecular flexibility index (Phi) is 8.43. The number of halogens is 1. The molecule has 0 aromatic carbocycles. The van der Waals surface area contributed by atoms with Crippen LogP contribution in [0.4, 0.5) is 0 Å². The largest absolute Gasteiger partial charge is 0.598 e. The molecule has 0 spiro atoms. The van der Waals surface area contributed by atoms with Crippen LogP contribution in [0.25, 0.3) is 0 Å². The van der Waals surface area contributed by atoms with Crippen molar-refractivity contribution >= 4 is 35.6 Å². The number of hydrogen-bond acceptors (Lipinski definition) is 4. The van der Waals surface area contributed by atoms with Crippen molar-refractivity contribution in [1.82, 2.24) is 9.29 Å². The molecule has 2 unspecified atom stereocenters. The number of hydrogen-bond donors (Lipinski definition) is 1. The first-order valence-corrected chi connectivity index (χ1v) is 14.1. The molecule has 27 heavy (non-hydrogen) atoms. The standard InChI is InChI=1S/C19H35BrN2O3SSi/c1-18(2,3)26(24)21-16(10-11-25-27(8,9)19(4,5)6)14-12-17(23)22(7)13-15(14)20/h12-13,16,21H,10-11H2,1-9H3. The van der Waals surface area contributed by atoms with Gasteiger partial charge in [0.25, 0.3) is 5.56 Å². The number of nitrogens with zero attached hydrogens (tertiary/aromatic N) is 1. The fourth-order valence-electron chi connectivity index (χ4n) is 2.11. The molecule has 0 saturated heterocycles. The van der Waals surface area contributed by atoms with Gasteiger partial charge in [0, 0.05) is 41.8 Å². The lowest BCUT2D eigenvalue weighted by molar-refractivity contribution is 0.268. The van der Waals surface area contributed by atoms with Crippen LogP contribution in [0, 0.1) is 0 Å². The first-order chi connectivity index (χ1) is 12.1. The molecule has 0 radical (unpaired) electrons. The topological polar surface area (TPSA) is 66.3 Å². The first-order valence-electron chi connectivity index (χ1n) is 9.24. The highest BCUT2D eigenvalue weighted by atomic mass is 79.9. The maximum absolute atomic E-state index is 12.7. The van der Waals surface area contributed by atoms with E-state index in [1.54, 1.807) is 19.3 Å². The summed E-state index contributed by atoms with van der Waals surface area (Å²) in [6.45, 7) is 17.4. The molecule has 0 amide bonds. The molecule has 1 rings (SSSR count). The molecule has 5 nitrogen and oxygen atoms in total. The van der Waals surface area contributed by atoms with Gasteiger partial charge in [0.2, 0.25) is 0 Å². The summed E-state index contributed by atoms with van der Waals surface area (Å²) in [5.41, 5.74) is 0.724. The van der Waals surface area contributed by atoms with Gasteiger partial charge in [-0.3, -0.25) is 4.79 Å². The van der Waals surface area contributed by atoms with Gasteiger partial charge in [-0.2, -0.15) is 0 Å². The summed E-state index contributed by atoms with van der Waals surface area (Å²) in [6.07, 6.45) is 2.39. The second-order valence-electron chi connectivity index (χ2n) is 9.47. The number of aromatic nitrogens is 1. The van der Waals surface area contributed by atoms with E-state index in [1.165, 1.54) is 4.57 Å². The van der Waals surface area contributed by atoms with E-state index in [1.807, 2.05) is 20.8 Å². The minimum absolute atomic E-state index is 0.0909. The smallest absolute Gasteiger partial charge is 0.250 e. The lowest BCUT2D eigenvalue weighted by Gasteiger charge is -2.36. The third-order valence-electron chi connectivity index (χ3n) is 5.07. The fraction of sp³-hybridized carbons (Fsp3) is 0.737. The van der Waals surface area contributed by atoms with E-state index in [9.17, 15) is 9.35 Å². The monoisotopic (exact) mass is 478 g/mol. The molecule has 0 fully saturated rings. The van der Waals surface area contributed by atoms with Crippen molar-refractivity contribution < 1.29 is 8.98 Å². The quantitative estimate of drug-likeness (QED) is 0.457. The highest BCUT2D eigenvalue weighted by molar-refractivity contribution is 9.10. The van der Waals surface area contributed by atoms with Crippen LogP contribution in [0.3, 0.4) is 0 Å². The van der Waals surface area contributed by atoms with Crippen molar-refractivity contribution in [2.45, 2.75) is 76.9 Å². The van der Waals surface area contributed by atoms with E-state index in [4.69, 9.17) is 4.43 Å². The summed E-state index contributed by atoms with van der Waals surface area (Å²) in [4.78, 5) is 12.2. The molecule has 2 atom stereocenters. The highest BCUT2D eigenvalue weighted by Crippen LogP contribution is 2.37. The van der Waals surface area contributed by atoms with Crippen molar-refractivity contribution in [3.8, 4) is 0 Å². The molecule has 156 valence electrons. The van der Waals surface area contributed by atoms with Gasteiger partial charge >= 0.3 is 0 Å². The minimum Gasteiger partial charge on any atom is -0.598 e. The zero-order valence-electron chi connectivity index (χ0n) is 18.1. The van der Waals surface area contributed by atoms with E-state index in [2.05, 4.69) is 54.5 Å². The average Bonchev–Trinajstić information content (AvgIpc) is 2.47. The Labute approximate surface area is 176 Å². The lowest BCUT2D eigenvalue weighted by Crippen LogP contribution is -2.43. The van der Waals surface area contributed by atoms with Crippen LogP contribution < -0.4 is 10.3 Å². The Bertz CT molecular complexity index is 696. The molecule has 0 aliphatic carbocycles. The Morgan fingerprint density at radius 3 is 2.33 bits per heavy atom. The van der Waals surface area contributed by atoms with Crippen LogP contribution >= 0.6 is 15.9 Å².